The van der Waals surface area contributed by atoms with E-state index in [0.29, 0.717) is 19.0 Å². The van der Waals surface area contributed by atoms with Gasteiger partial charge < -0.3 is 10.6 Å². The molecular formula is C13H16F4N2O. The number of alkyl halides is 3. The largest absolute Gasteiger partial charge is 0.416 e. The Bertz CT molecular complexity index is 460. The summed E-state index contributed by atoms with van der Waals surface area (Å²) in [6.45, 7) is 0.380. The smallest absolute Gasteiger partial charge is 0.352 e. The minimum Gasteiger partial charge on any atom is -0.352 e. The molecule has 0 aliphatic heterocycles. The van der Waals surface area contributed by atoms with E-state index in [-0.39, 0.29) is 24.4 Å². The zero-order valence-corrected chi connectivity index (χ0v) is 11.0. The van der Waals surface area contributed by atoms with Crippen molar-refractivity contribution in [2.75, 3.05) is 13.6 Å². The second-order valence-electron chi connectivity index (χ2n) is 4.28. The van der Waals surface area contributed by atoms with Crippen LogP contribution in [0.2, 0.25) is 0 Å². The molecule has 1 aromatic rings. The van der Waals surface area contributed by atoms with Gasteiger partial charge in [-0.2, -0.15) is 13.2 Å². The highest BCUT2D eigenvalue weighted by atomic mass is 19.4. The molecule has 112 valence electrons. The van der Waals surface area contributed by atoms with Crippen molar-refractivity contribution >= 4 is 5.91 Å². The van der Waals surface area contributed by atoms with Gasteiger partial charge in [-0.15, -0.1) is 0 Å². The van der Waals surface area contributed by atoms with E-state index >= 15 is 0 Å². The summed E-state index contributed by atoms with van der Waals surface area (Å²) in [6, 6.07) is 2.41. The predicted molar refractivity (Wildman–Crippen MR) is 66.4 cm³/mol. The van der Waals surface area contributed by atoms with Crippen molar-refractivity contribution < 1.29 is 22.4 Å². The monoisotopic (exact) mass is 292 g/mol. The van der Waals surface area contributed by atoms with Crippen molar-refractivity contribution in [2.24, 2.45) is 0 Å². The van der Waals surface area contributed by atoms with E-state index in [1.54, 1.807) is 7.05 Å². The maximum absolute atomic E-state index is 12.9. The van der Waals surface area contributed by atoms with Gasteiger partial charge in [-0.25, -0.2) is 4.39 Å². The van der Waals surface area contributed by atoms with Crippen LogP contribution in [0.25, 0.3) is 0 Å². The predicted octanol–water partition coefficient (Wildman–Crippen LogP) is 2.46. The molecule has 1 amide bonds. The molecule has 0 bridgehead atoms. The van der Waals surface area contributed by atoms with Gasteiger partial charge in [-0.05, 0) is 37.7 Å². The Morgan fingerprint density at radius 2 is 2.00 bits per heavy atom. The van der Waals surface area contributed by atoms with E-state index in [0.717, 1.165) is 12.1 Å². The fourth-order valence-electron chi connectivity index (χ4n) is 1.67. The lowest BCUT2D eigenvalue weighted by Gasteiger charge is -2.13. The van der Waals surface area contributed by atoms with Crippen molar-refractivity contribution in [1.29, 1.82) is 0 Å². The number of carbonyl (C=O) groups excluding carboxylic acids is 1. The van der Waals surface area contributed by atoms with Crippen molar-refractivity contribution in [1.82, 2.24) is 10.6 Å². The Balaban J connectivity index is 2.66. The number of hydrogen-bond acceptors (Lipinski definition) is 2. The Hall–Kier alpha value is -1.63. The topological polar surface area (TPSA) is 41.1 Å². The van der Waals surface area contributed by atoms with Crippen LogP contribution in [-0.4, -0.2) is 19.5 Å². The fourth-order valence-corrected chi connectivity index (χ4v) is 1.67. The third-order valence-corrected chi connectivity index (χ3v) is 2.68. The summed E-state index contributed by atoms with van der Waals surface area (Å²) in [5.41, 5.74) is -1.21. The van der Waals surface area contributed by atoms with Gasteiger partial charge in [-0.1, -0.05) is 6.07 Å². The third kappa shape index (κ3) is 5.16. The first-order chi connectivity index (χ1) is 9.34. The summed E-state index contributed by atoms with van der Waals surface area (Å²) < 4.78 is 51.0. The van der Waals surface area contributed by atoms with E-state index in [9.17, 15) is 22.4 Å². The van der Waals surface area contributed by atoms with Crippen LogP contribution in [0.4, 0.5) is 17.6 Å². The molecule has 1 aromatic carbocycles. The number of amides is 1. The molecular weight excluding hydrogens is 276 g/mol. The van der Waals surface area contributed by atoms with E-state index < -0.39 is 17.6 Å². The molecule has 0 unspecified atom stereocenters. The van der Waals surface area contributed by atoms with E-state index in [4.69, 9.17) is 0 Å². The first kappa shape index (κ1) is 16.4. The van der Waals surface area contributed by atoms with Crippen LogP contribution in [0, 0.1) is 5.82 Å². The van der Waals surface area contributed by atoms with Crippen molar-refractivity contribution in [2.45, 2.75) is 25.6 Å². The van der Waals surface area contributed by atoms with Gasteiger partial charge in [0.05, 0.1) is 5.56 Å². The molecule has 0 saturated heterocycles. The average Bonchev–Trinajstić information content (AvgIpc) is 2.36. The third-order valence-electron chi connectivity index (χ3n) is 2.68. The minimum atomic E-state index is -4.64. The Kier molecular flexibility index (Phi) is 5.94. The molecule has 0 spiro atoms. The SMILES string of the molecule is CNCCCC(=O)NCc1ccc(F)cc1C(F)(F)F. The van der Waals surface area contributed by atoms with Crippen LogP contribution >= 0.6 is 0 Å². The lowest BCUT2D eigenvalue weighted by molar-refractivity contribution is -0.138. The number of nitrogens with one attached hydrogen (secondary N) is 2. The highest BCUT2D eigenvalue weighted by Gasteiger charge is 2.33. The van der Waals surface area contributed by atoms with Gasteiger partial charge in [0.1, 0.15) is 5.82 Å². The second-order valence-corrected chi connectivity index (χ2v) is 4.28. The first-order valence-electron chi connectivity index (χ1n) is 6.11. The fraction of sp³-hybridized carbons (Fsp3) is 0.462. The summed E-state index contributed by atoms with van der Waals surface area (Å²) >= 11 is 0. The van der Waals surface area contributed by atoms with Crippen molar-refractivity contribution in [3.05, 3.63) is 35.1 Å². The van der Waals surface area contributed by atoms with E-state index in [2.05, 4.69) is 10.6 Å². The normalized spacial score (nSPS) is 11.4. The second kappa shape index (κ2) is 7.23. The molecule has 0 aromatic heterocycles. The number of benzene rings is 1. The highest BCUT2D eigenvalue weighted by Crippen LogP contribution is 2.32. The van der Waals surface area contributed by atoms with Crippen LogP contribution in [-0.2, 0) is 17.5 Å². The van der Waals surface area contributed by atoms with Gasteiger partial charge in [0.2, 0.25) is 5.91 Å². The molecule has 1 rings (SSSR count). The van der Waals surface area contributed by atoms with Crippen LogP contribution in [0.1, 0.15) is 24.0 Å². The number of hydrogen-bond donors (Lipinski definition) is 2. The van der Waals surface area contributed by atoms with E-state index in [1.165, 1.54) is 0 Å². The lowest BCUT2D eigenvalue weighted by atomic mass is 10.1. The lowest BCUT2D eigenvalue weighted by Crippen LogP contribution is -2.25. The summed E-state index contributed by atoms with van der Waals surface area (Å²) in [5, 5.41) is 5.26. The molecule has 20 heavy (non-hydrogen) atoms. The van der Waals surface area contributed by atoms with Gasteiger partial charge in [0, 0.05) is 13.0 Å². The van der Waals surface area contributed by atoms with Gasteiger partial charge in [0.15, 0.2) is 0 Å². The van der Waals surface area contributed by atoms with Crippen molar-refractivity contribution in [3.63, 3.8) is 0 Å². The molecule has 0 radical (unpaired) electrons. The molecule has 0 fully saturated rings. The quantitative estimate of drug-likeness (QED) is 0.624. The van der Waals surface area contributed by atoms with Gasteiger partial charge in [0.25, 0.3) is 0 Å². The molecule has 7 heteroatoms. The van der Waals surface area contributed by atoms with Gasteiger partial charge >= 0.3 is 6.18 Å². The van der Waals surface area contributed by atoms with E-state index in [1.807, 2.05) is 0 Å². The van der Waals surface area contributed by atoms with Crippen LogP contribution in [0.15, 0.2) is 18.2 Å². The van der Waals surface area contributed by atoms with Crippen LogP contribution < -0.4 is 10.6 Å². The minimum absolute atomic E-state index is 0.152. The van der Waals surface area contributed by atoms with Gasteiger partial charge in [-0.3, -0.25) is 4.79 Å². The maximum Gasteiger partial charge on any atom is 0.416 e. The molecule has 0 heterocycles. The average molecular weight is 292 g/mol. The molecule has 0 aliphatic carbocycles. The highest BCUT2D eigenvalue weighted by molar-refractivity contribution is 5.75. The molecule has 0 saturated carbocycles. The standard InChI is InChI=1S/C13H16F4N2O/c1-18-6-2-3-12(20)19-8-9-4-5-10(14)7-11(9)13(15,16)17/h4-5,7,18H,2-3,6,8H2,1H3,(H,19,20). The molecule has 0 atom stereocenters. The molecule has 2 N–H and O–H groups in total. The Morgan fingerprint density at radius 3 is 2.60 bits per heavy atom. The first-order valence-corrected chi connectivity index (χ1v) is 6.11. The Labute approximate surface area is 114 Å². The van der Waals surface area contributed by atoms with Crippen LogP contribution in [0.3, 0.4) is 0 Å². The summed E-state index contributed by atoms with van der Waals surface area (Å²) in [7, 11) is 1.74. The summed E-state index contributed by atoms with van der Waals surface area (Å²) in [6.07, 6.45) is -3.82. The van der Waals surface area contributed by atoms with Crippen LogP contribution in [0.5, 0.6) is 0 Å². The zero-order valence-electron chi connectivity index (χ0n) is 11.0. The Morgan fingerprint density at radius 1 is 1.30 bits per heavy atom. The number of rotatable bonds is 6. The number of carbonyl (C=O) groups is 1. The zero-order chi connectivity index (χ0) is 15.2. The summed E-state index contributed by atoms with van der Waals surface area (Å²) in [5.74, 6) is -1.29. The molecule has 3 nitrogen and oxygen atoms in total. The molecule has 0 aliphatic rings. The number of halogens is 4. The summed E-state index contributed by atoms with van der Waals surface area (Å²) in [4.78, 5) is 11.4. The van der Waals surface area contributed by atoms with Crippen molar-refractivity contribution in [3.8, 4) is 0 Å². The maximum atomic E-state index is 12.9.